The highest BCUT2D eigenvalue weighted by atomic mass is 35.5. The number of ether oxygens (including phenoxy) is 1. The number of fused-ring (bicyclic) bond motifs is 1. The molecule has 0 atom stereocenters. The minimum Gasteiger partial charge on any atom is -0.457 e. The average Bonchev–Trinajstić information content (AvgIpc) is 3.64. The van der Waals surface area contributed by atoms with Crippen LogP contribution in [0.1, 0.15) is 72.4 Å². The van der Waals surface area contributed by atoms with E-state index >= 15 is 0 Å². The fourth-order valence-corrected chi connectivity index (χ4v) is 7.82. The van der Waals surface area contributed by atoms with E-state index in [0.29, 0.717) is 10.9 Å². The molecule has 3 heterocycles. The van der Waals surface area contributed by atoms with Gasteiger partial charge in [0, 0.05) is 45.5 Å². The van der Waals surface area contributed by atoms with Crippen molar-refractivity contribution in [2.45, 2.75) is 64.2 Å². The van der Waals surface area contributed by atoms with Gasteiger partial charge in [0.2, 0.25) is 0 Å². The minimum atomic E-state index is 0.540. The number of hydrogen-bond acceptors (Lipinski definition) is 5. The van der Waals surface area contributed by atoms with E-state index in [1.807, 2.05) is 59.9 Å². The predicted octanol–water partition coefficient (Wildman–Crippen LogP) is 10.2. The summed E-state index contributed by atoms with van der Waals surface area (Å²) in [5.74, 6) is 2.13. The van der Waals surface area contributed by atoms with Crippen molar-refractivity contribution in [1.29, 1.82) is 5.26 Å². The Morgan fingerprint density at radius 2 is 1.69 bits per heavy atom. The Morgan fingerprint density at radius 3 is 2.40 bits per heavy atom. The van der Waals surface area contributed by atoms with Crippen LogP contribution in [0.25, 0.3) is 22.2 Å². The summed E-state index contributed by atoms with van der Waals surface area (Å²) in [7, 11) is 2.09. The summed E-state index contributed by atoms with van der Waals surface area (Å²) in [6.45, 7) is 5.68. The van der Waals surface area contributed by atoms with Gasteiger partial charge in [-0.05, 0) is 137 Å². The van der Waals surface area contributed by atoms with Gasteiger partial charge in [0.25, 0.3) is 0 Å². The van der Waals surface area contributed by atoms with Crippen molar-refractivity contribution in [2.24, 2.45) is 7.05 Å². The summed E-state index contributed by atoms with van der Waals surface area (Å²) >= 11 is 7.95. The molecule has 0 spiro atoms. The van der Waals surface area contributed by atoms with E-state index in [0.717, 1.165) is 61.7 Å². The minimum absolute atomic E-state index is 0.540. The predicted molar refractivity (Wildman–Crippen MR) is 187 cm³/mol. The van der Waals surface area contributed by atoms with Crippen LogP contribution in [0.2, 0.25) is 5.02 Å². The summed E-state index contributed by atoms with van der Waals surface area (Å²) in [4.78, 5) is 9.33. The van der Waals surface area contributed by atoms with Crippen LogP contribution in [0.15, 0.2) is 72.9 Å². The topological polar surface area (TPSA) is 54.1 Å². The number of nitrogens with zero attached hydrogens (tertiary/aromatic N) is 4. The molecular weight excluding hydrogens is 596 g/mol. The zero-order chi connectivity index (χ0) is 31.2. The molecule has 0 unspecified atom stereocenters. The Hall–Kier alpha value is -3.63. The number of aromatic nitrogens is 2. The molecule has 6 rings (SSSR count). The highest BCUT2D eigenvalue weighted by Gasteiger charge is 2.25. The number of unbranched alkanes of at least 4 members (excludes halogenated alkanes) is 2. The highest BCUT2D eigenvalue weighted by Crippen LogP contribution is 2.38. The lowest BCUT2D eigenvalue weighted by Crippen LogP contribution is -2.33. The molecule has 5 nitrogen and oxygen atoms in total. The molecule has 5 aromatic rings. The Kier molecular flexibility index (Phi) is 10.2. The summed E-state index contributed by atoms with van der Waals surface area (Å²) in [6.07, 6.45) is 11.4. The van der Waals surface area contributed by atoms with Gasteiger partial charge in [-0.25, -0.2) is 4.98 Å². The number of hydrogen-bond donors (Lipinski definition) is 0. The van der Waals surface area contributed by atoms with E-state index in [9.17, 15) is 5.26 Å². The van der Waals surface area contributed by atoms with Crippen molar-refractivity contribution < 1.29 is 4.74 Å². The van der Waals surface area contributed by atoms with Crippen LogP contribution >= 0.6 is 22.9 Å². The number of likely N-dealkylation sites (tertiary alicyclic amines) is 1. The molecular formula is C38H41ClN4OS. The Labute approximate surface area is 276 Å². The van der Waals surface area contributed by atoms with Gasteiger partial charge in [-0.3, -0.25) is 0 Å². The second-order valence-electron chi connectivity index (χ2n) is 12.2. The first-order chi connectivity index (χ1) is 22.0. The first-order valence-electron chi connectivity index (χ1n) is 16.2. The van der Waals surface area contributed by atoms with Gasteiger partial charge in [0.05, 0.1) is 22.3 Å². The van der Waals surface area contributed by atoms with Crippen LogP contribution in [0, 0.1) is 11.3 Å². The summed E-state index contributed by atoms with van der Waals surface area (Å²) in [5, 5.41) is 12.6. The van der Waals surface area contributed by atoms with Crippen molar-refractivity contribution in [2.75, 3.05) is 19.6 Å². The molecule has 0 N–H and O–H groups in total. The Bertz CT molecular complexity index is 1760. The third-order valence-electron chi connectivity index (χ3n) is 8.96. The van der Waals surface area contributed by atoms with Crippen LogP contribution < -0.4 is 4.74 Å². The first-order valence-corrected chi connectivity index (χ1v) is 17.4. The van der Waals surface area contributed by atoms with Gasteiger partial charge in [-0.15, -0.1) is 11.3 Å². The summed E-state index contributed by atoms with van der Waals surface area (Å²) < 4.78 is 8.20. The van der Waals surface area contributed by atoms with Crippen LogP contribution in [-0.4, -0.2) is 34.1 Å². The highest BCUT2D eigenvalue weighted by molar-refractivity contribution is 7.12. The van der Waals surface area contributed by atoms with Crippen LogP contribution in [0.5, 0.6) is 11.5 Å². The lowest BCUT2D eigenvalue weighted by molar-refractivity contribution is 0.209. The zero-order valence-electron chi connectivity index (χ0n) is 26.3. The largest absolute Gasteiger partial charge is 0.457 e. The van der Waals surface area contributed by atoms with Crippen molar-refractivity contribution in [3.63, 3.8) is 0 Å². The molecule has 0 aliphatic carbocycles. The molecule has 1 aliphatic rings. The van der Waals surface area contributed by atoms with Crippen LogP contribution in [0.3, 0.4) is 0 Å². The molecule has 3 aromatic carbocycles. The number of thiazole rings is 1. The Morgan fingerprint density at radius 1 is 0.956 bits per heavy atom. The van der Waals surface area contributed by atoms with Crippen molar-refractivity contribution in [3.05, 3.63) is 99.0 Å². The maximum absolute atomic E-state index is 9.33. The van der Waals surface area contributed by atoms with Gasteiger partial charge in [0.1, 0.15) is 11.5 Å². The number of halogens is 1. The van der Waals surface area contributed by atoms with E-state index in [2.05, 4.69) is 53.9 Å². The maximum atomic E-state index is 9.33. The normalized spacial score (nSPS) is 14.2. The first kappa shape index (κ1) is 31.4. The van der Waals surface area contributed by atoms with E-state index in [-0.39, 0.29) is 0 Å². The summed E-state index contributed by atoms with van der Waals surface area (Å²) in [6, 6.07) is 24.1. The maximum Gasteiger partial charge on any atom is 0.127 e. The molecule has 2 aromatic heterocycles. The van der Waals surface area contributed by atoms with E-state index in [1.165, 1.54) is 64.0 Å². The third kappa shape index (κ3) is 7.61. The SMILES string of the molecule is CCCCc1sc(C2CCN(CCCCc3cn(C)c4ccc(C#N)cc34)CC2)nc1-c1ccc(Oc2ccc(Cl)cc2)cc1. The molecule has 0 bridgehead atoms. The van der Waals surface area contributed by atoms with Gasteiger partial charge in [-0.1, -0.05) is 24.9 Å². The smallest absolute Gasteiger partial charge is 0.127 e. The summed E-state index contributed by atoms with van der Waals surface area (Å²) in [5.41, 5.74) is 5.61. The van der Waals surface area contributed by atoms with E-state index in [4.69, 9.17) is 21.3 Å². The fraction of sp³-hybridized carbons (Fsp3) is 0.368. The molecule has 45 heavy (non-hydrogen) atoms. The monoisotopic (exact) mass is 636 g/mol. The zero-order valence-corrected chi connectivity index (χ0v) is 27.8. The second-order valence-corrected chi connectivity index (χ2v) is 13.7. The van der Waals surface area contributed by atoms with Crippen molar-refractivity contribution in [3.8, 4) is 28.8 Å². The van der Waals surface area contributed by atoms with Gasteiger partial charge in [-0.2, -0.15) is 5.26 Å². The number of rotatable bonds is 12. The molecule has 232 valence electrons. The van der Waals surface area contributed by atoms with Crippen molar-refractivity contribution >= 4 is 33.8 Å². The molecule has 0 saturated carbocycles. The van der Waals surface area contributed by atoms with E-state index in [1.54, 1.807) is 0 Å². The number of piperidine rings is 1. The molecule has 1 aliphatic heterocycles. The molecule has 1 saturated heterocycles. The van der Waals surface area contributed by atoms with Gasteiger partial charge >= 0.3 is 0 Å². The number of benzene rings is 3. The van der Waals surface area contributed by atoms with Crippen molar-refractivity contribution in [1.82, 2.24) is 14.5 Å². The fourth-order valence-electron chi connectivity index (χ4n) is 6.39. The molecule has 0 radical (unpaired) electrons. The lowest BCUT2D eigenvalue weighted by atomic mass is 9.97. The van der Waals surface area contributed by atoms with Crippen LogP contribution in [-0.2, 0) is 19.9 Å². The third-order valence-corrected chi connectivity index (χ3v) is 10.5. The van der Waals surface area contributed by atoms with E-state index < -0.39 is 0 Å². The van der Waals surface area contributed by atoms with Crippen LogP contribution in [0.4, 0.5) is 0 Å². The number of aryl methyl sites for hydroxylation is 3. The molecule has 7 heteroatoms. The number of nitriles is 1. The standard InChI is InChI=1S/C38H41ClN4OS/c1-3-4-8-36-37(28-10-14-32(15-11-28)44-33-16-12-31(39)13-17-33)41-38(45-36)29-19-22-43(23-20-29)21-6-5-7-30-26-42(2)35-18-9-27(25-40)24-34(30)35/h9-18,24,26,29H,3-8,19-23H2,1-2H3. The van der Waals surface area contributed by atoms with Gasteiger partial charge in [0.15, 0.2) is 0 Å². The quantitative estimate of drug-likeness (QED) is 0.128. The Balaban J connectivity index is 1.03. The lowest BCUT2D eigenvalue weighted by Gasteiger charge is -2.31. The molecule has 0 amide bonds. The second kappa shape index (κ2) is 14.6. The van der Waals surface area contributed by atoms with Gasteiger partial charge < -0.3 is 14.2 Å². The average molecular weight is 637 g/mol. The molecule has 1 fully saturated rings.